The lowest BCUT2D eigenvalue weighted by Crippen LogP contribution is -2.26. The summed E-state index contributed by atoms with van der Waals surface area (Å²) in [6.07, 6.45) is 1.36. The summed E-state index contributed by atoms with van der Waals surface area (Å²) in [6.45, 7) is 0.654. The van der Waals surface area contributed by atoms with Gasteiger partial charge in [0.2, 0.25) is 5.89 Å². The summed E-state index contributed by atoms with van der Waals surface area (Å²) in [7, 11) is 0. The first-order chi connectivity index (χ1) is 11.3. The Hall–Kier alpha value is -2.66. The Bertz CT molecular complexity index is 817. The largest absolute Gasteiger partial charge is 0.436 e. The molecule has 1 N–H and O–H groups in total. The maximum absolute atomic E-state index is 12.1. The van der Waals surface area contributed by atoms with Crippen LogP contribution in [0, 0.1) is 0 Å². The van der Waals surface area contributed by atoms with Gasteiger partial charge in [-0.15, -0.1) is 0 Å². The van der Waals surface area contributed by atoms with Crippen molar-refractivity contribution in [2.45, 2.75) is 18.9 Å². The van der Waals surface area contributed by atoms with E-state index in [2.05, 4.69) is 10.3 Å². The van der Waals surface area contributed by atoms with Crippen molar-refractivity contribution in [3.63, 3.8) is 0 Å². The summed E-state index contributed by atoms with van der Waals surface area (Å²) in [5.74, 6) is 0.441. The minimum Gasteiger partial charge on any atom is -0.436 e. The van der Waals surface area contributed by atoms with Gasteiger partial charge in [0.1, 0.15) is 11.6 Å². The first-order valence-corrected chi connectivity index (χ1v) is 7.68. The molecule has 23 heavy (non-hydrogen) atoms. The highest BCUT2D eigenvalue weighted by molar-refractivity contribution is 5.94. The van der Waals surface area contributed by atoms with Gasteiger partial charge in [-0.3, -0.25) is 4.79 Å². The number of fused-ring (bicyclic) bond motifs is 1. The number of carbonyl (C=O) groups is 1. The van der Waals surface area contributed by atoms with Gasteiger partial charge in [-0.2, -0.15) is 0 Å². The standard InChI is InChI=1S/C18H16N2O3/c21-17(16-9-4-10-22-16)19-13-6-3-5-12(11-13)18-20-14-7-1-2-8-15(14)23-18/h1-3,5-8,11,16H,4,9-10H2,(H,19,21). The van der Waals surface area contributed by atoms with E-state index in [0.29, 0.717) is 18.2 Å². The summed E-state index contributed by atoms with van der Waals surface area (Å²) >= 11 is 0. The zero-order chi connectivity index (χ0) is 15.6. The van der Waals surface area contributed by atoms with Gasteiger partial charge in [0, 0.05) is 17.9 Å². The van der Waals surface area contributed by atoms with Crippen LogP contribution < -0.4 is 5.32 Å². The van der Waals surface area contributed by atoms with E-state index in [1.54, 1.807) is 0 Å². The summed E-state index contributed by atoms with van der Waals surface area (Å²) in [4.78, 5) is 16.6. The van der Waals surface area contributed by atoms with Crippen molar-refractivity contribution in [1.29, 1.82) is 0 Å². The number of hydrogen-bond donors (Lipinski definition) is 1. The zero-order valence-electron chi connectivity index (χ0n) is 12.5. The molecule has 1 saturated heterocycles. The van der Waals surface area contributed by atoms with Gasteiger partial charge < -0.3 is 14.5 Å². The Morgan fingerprint density at radius 1 is 1.17 bits per heavy atom. The molecule has 0 bridgehead atoms. The molecule has 1 amide bonds. The predicted octanol–water partition coefficient (Wildman–Crippen LogP) is 3.61. The van der Waals surface area contributed by atoms with Crippen molar-refractivity contribution < 1.29 is 13.9 Å². The molecule has 116 valence electrons. The number of aromatic nitrogens is 1. The minimum absolute atomic E-state index is 0.0998. The van der Waals surface area contributed by atoms with Crippen LogP contribution in [0.3, 0.4) is 0 Å². The monoisotopic (exact) mass is 308 g/mol. The molecule has 1 aliphatic heterocycles. The molecule has 5 heteroatoms. The lowest BCUT2D eigenvalue weighted by Gasteiger charge is -2.10. The van der Waals surface area contributed by atoms with E-state index in [9.17, 15) is 4.79 Å². The lowest BCUT2D eigenvalue weighted by atomic mass is 10.2. The number of ether oxygens (including phenoxy) is 1. The number of nitrogens with one attached hydrogen (secondary N) is 1. The van der Waals surface area contributed by atoms with Crippen LogP contribution in [0.25, 0.3) is 22.6 Å². The second-order valence-electron chi connectivity index (χ2n) is 5.56. The van der Waals surface area contributed by atoms with Crippen LogP contribution in [-0.4, -0.2) is 23.6 Å². The molecule has 1 unspecified atom stereocenters. The molecule has 4 rings (SSSR count). The summed E-state index contributed by atoms with van der Waals surface area (Å²) in [5, 5.41) is 2.89. The number of anilines is 1. The Balaban J connectivity index is 1.59. The lowest BCUT2D eigenvalue weighted by molar-refractivity contribution is -0.124. The van der Waals surface area contributed by atoms with E-state index < -0.39 is 0 Å². The summed E-state index contributed by atoms with van der Waals surface area (Å²) in [5.41, 5.74) is 3.10. The molecule has 2 aromatic carbocycles. The van der Waals surface area contributed by atoms with Gasteiger partial charge in [-0.1, -0.05) is 18.2 Å². The number of para-hydroxylation sites is 2. The molecule has 5 nitrogen and oxygen atoms in total. The van der Waals surface area contributed by atoms with Gasteiger partial charge in [-0.25, -0.2) is 4.98 Å². The van der Waals surface area contributed by atoms with Crippen molar-refractivity contribution in [1.82, 2.24) is 4.98 Å². The number of nitrogens with zero attached hydrogens (tertiary/aromatic N) is 1. The minimum atomic E-state index is -0.344. The first kappa shape index (κ1) is 14.0. The highest BCUT2D eigenvalue weighted by Gasteiger charge is 2.23. The third-order valence-corrected chi connectivity index (χ3v) is 3.89. The number of benzene rings is 2. The molecule has 3 aromatic rings. The molecule has 0 aliphatic carbocycles. The van der Waals surface area contributed by atoms with Gasteiger partial charge in [0.15, 0.2) is 5.58 Å². The number of oxazole rings is 1. The van der Waals surface area contributed by atoms with Crippen LogP contribution >= 0.6 is 0 Å². The molecule has 1 aromatic heterocycles. The highest BCUT2D eigenvalue weighted by Crippen LogP contribution is 2.26. The van der Waals surface area contributed by atoms with E-state index in [4.69, 9.17) is 9.15 Å². The highest BCUT2D eigenvalue weighted by atomic mass is 16.5. The molecular weight excluding hydrogens is 292 g/mol. The second-order valence-corrected chi connectivity index (χ2v) is 5.56. The van der Waals surface area contributed by atoms with E-state index in [-0.39, 0.29) is 12.0 Å². The van der Waals surface area contributed by atoms with E-state index in [1.807, 2.05) is 48.5 Å². The molecule has 0 saturated carbocycles. The molecule has 2 heterocycles. The Morgan fingerprint density at radius 2 is 2.09 bits per heavy atom. The van der Waals surface area contributed by atoms with Crippen molar-refractivity contribution in [3.05, 3.63) is 48.5 Å². The molecular formula is C18H16N2O3. The Kier molecular flexibility index (Phi) is 3.55. The van der Waals surface area contributed by atoms with E-state index >= 15 is 0 Å². The smallest absolute Gasteiger partial charge is 0.253 e. The van der Waals surface area contributed by atoms with Crippen molar-refractivity contribution in [3.8, 4) is 11.5 Å². The zero-order valence-corrected chi connectivity index (χ0v) is 12.5. The predicted molar refractivity (Wildman–Crippen MR) is 87.0 cm³/mol. The average Bonchev–Trinajstić information content (AvgIpc) is 3.24. The number of carbonyl (C=O) groups excluding carboxylic acids is 1. The van der Waals surface area contributed by atoms with Crippen LogP contribution in [0.15, 0.2) is 52.9 Å². The summed E-state index contributed by atoms with van der Waals surface area (Å²) < 4.78 is 11.2. The fraction of sp³-hybridized carbons (Fsp3) is 0.222. The number of hydrogen-bond acceptors (Lipinski definition) is 4. The van der Waals surface area contributed by atoms with Crippen LogP contribution in [0.4, 0.5) is 5.69 Å². The number of amides is 1. The SMILES string of the molecule is O=C(Nc1cccc(-c2nc3ccccc3o2)c1)C1CCCO1. The topological polar surface area (TPSA) is 64.4 Å². The maximum Gasteiger partial charge on any atom is 0.253 e. The number of rotatable bonds is 3. The Labute approximate surface area is 133 Å². The quantitative estimate of drug-likeness (QED) is 0.802. The van der Waals surface area contributed by atoms with Crippen LogP contribution in [0.1, 0.15) is 12.8 Å². The normalized spacial score (nSPS) is 17.5. The van der Waals surface area contributed by atoms with Gasteiger partial charge in [0.25, 0.3) is 5.91 Å². The average molecular weight is 308 g/mol. The fourth-order valence-electron chi connectivity index (χ4n) is 2.73. The third-order valence-electron chi connectivity index (χ3n) is 3.89. The third kappa shape index (κ3) is 2.83. The van der Waals surface area contributed by atoms with Crippen molar-refractivity contribution >= 4 is 22.7 Å². The Morgan fingerprint density at radius 3 is 2.91 bits per heavy atom. The van der Waals surface area contributed by atoms with Crippen molar-refractivity contribution in [2.24, 2.45) is 0 Å². The van der Waals surface area contributed by atoms with Gasteiger partial charge in [-0.05, 0) is 43.2 Å². The van der Waals surface area contributed by atoms with E-state index in [0.717, 1.165) is 29.5 Å². The van der Waals surface area contributed by atoms with Gasteiger partial charge in [0.05, 0.1) is 0 Å². The van der Waals surface area contributed by atoms with Crippen LogP contribution in [0.2, 0.25) is 0 Å². The van der Waals surface area contributed by atoms with Crippen LogP contribution in [0.5, 0.6) is 0 Å². The summed E-state index contributed by atoms with van der Waals surface area (Å²) in [6, 6.07) is 15.1. The van der Waals surface area contributed by atoms with Crippen molar-refractivity contribution in [2.75, 3.05) is 11.9 Å². The molecule has 1 fully saturated rings. The molecule has 1 atom stereocenters. The van der Waals surface area contributed by atoms with Crippen LogP contribution in [-0.2, 0) is 9.53 Å². The fourth-order valence-corrected chi connectivity index (χ4v) is 2.73. The molecule has 0 radical (unpaired) electrons. The molecule has 0 spiro atoms. The molecule has 1 aliphatic rings. The van der Waals surface area contributed by atoms with Gasteiger partial charge >= 0.3 is 0 Å². The van der Waals surface area contributed by atoms with E-state index in [1.165, 1.54) is 0 Å². The first-order valence-electron chi connectivity index (χ1n) is 7.68. The second kappa shape index (κ2) is 5.85. The maximum atomic E-state index is 12.1.